The molecule has 0 aliphatic heterocycles. The minimum Gasteiger partial charge on any atom is -0.356 e. The predicted octanol–water partition coefficient (Wildman–Crippen LogP) is 7.17. The van der Waals surface area contributed by atoms with Crippen molar-refractivity contribution in [1.29, 1.82) is 0 Å². The standard InChI is InChI=1S/C24H27N/c1-4-24(3,5-2)21-13-17-23(18-14-21)25-22-15-11-20(12-16-22)19-9-7-6-8-10-19/h6-18,25H,4-5H2,1-3H3. The van der Waals surface area contributed by atoms with Crippen LogP contribution in [0.3, 0.4) is 0 Å². The summed E-state index contributed by atoms with van der Waals surface area (Å²) in [5.74, 6) is 0. The van der Waals surface area contributed by atoms with Crippen LogP contribution in [0.15, 0.2) is 78.9 Å². The molecule has 128 valence electrons. The maximum Gasteiger partial charge on any atom is 0.0384 e. The van der Waals surface area contributed by atoms with Crippen molar-refractivity contribution >= 4 is 11.4 Å². The van der Waals surface area contributed by atoms with E-state index >= 15 is 0 Å². The van der Waals surface area contributed by atoms with Crippen LogP contribution in [-0.2, 0) is 5.41 Å². The van der Waals surface area contributed by atoms with E-state index in [2.05, 4.69) is 98.9 Å². The van der Waals surface area contributed by atoms with Gasteiger partial charge in [-0.15, -0.1) is 0 Å². The molecule has 1 N–H and O–H groups in total. The molecule has 0 atom stereocenters. The minimum absolute atomic E-state index is 0.274. The summed E-state index contributed by atoms with van der Waals surface area (Å²) in [6.07, 6.45) is 2.33. The third-order valence-corrected chi connectivity index (χ3v) is 5.42. The Morgan fingerprint density at radius 2 is 1.12 bits per heavy atom. The van der Waals surface area contributed by atoms with Gasteiger partial charge in [0.15, 0.2) is 0 Å². The van der Waals surface area contributed by atoms with Gasteiger partial charge in [-0.2, -0.15) is 0 Å². The number of nitrogens with one attached hydrogen (secondary N) is 1. The molecular formula is C24H27N. The highest BCUT2D eigenvalue weighted by molar-refractivity contribution is 5.68. The lowest BCUT2D eigenvalue weighted by atomic mass is 9.78. The number of hydrogen-bond acceptors (Lipinski definition) is 1. The smallest absolute Gasteiger partial charge is 0.0384 e. The quantitative estimate of drug-likeness (QED) is 0.505. The Morgan fingerprint density at radius 1 is 0.640 bits per heavy atom. The predicted molar refractivity (Wildman–Crippen MR) is 110 cm³/mol. The third kappa shape index (κ3) is 3.93. The zero-order valence-corrected chi connectivity index (χ0v) is 15.4. The molecule has 0 aliphatic carbocycles. The summed E-state index contributed by atoms with van der Waals surface area (Å²) >= 11 is 0. The van der Waals surface area contributed by atoms with Gasteiger partial charge in [-0.25, -0.2) is 0 Å². The van der Waals surface area contributed by atoms with Gasteiger partial charge in [-0.3, -0.25) is 0 Å². The molecule has 3 rings (SSSR count). The van der Waals surface area contributed by atoms with Crippen molar-refractivity contribution in [1.82, 2.24) is 0 Å². The second-order valence-electron chi connectivity index (χ2n) is 6.91. The summed E-state index contributed by atoms with van der Waals surface area (Å²) in [4.78, 5) is 0. The second kappa shape index (κ2) is 7.57. The van der Waals surface area contributed by atoms with Crippen molar-refractivity contribution in [2.75, 3.05) is 5.32 Å². The Morgan fingerprint density at radius 3 is 1.64 bits per heavy atom. The molecule has 3 aromatic rings. The SMILES string of the molecule is CCC(C)(CC)c1ccc(Nc2ccc(-c3ccccc3)cc2)cc1. The summed E-state index contributed by atoms with van der Waals surface area (Å²) in [5, 5.41) is 3.50. The normalized spacial score (nSPS) is 11.3. The van der Waals surface area contributed by atoms with Gasteiger partial charge in [0, 0.05) is 11.4 Å². The van der Waals surface area contributed by atoms with Gasteiger partial charge in [-0.1, -0.05) is 75.4 Å². The van der Waals surface area contributed by atoms with Crippen LogP contribution in [0.25, 0.3) is 11.1 Å². The number of hydrogen-bond donors (Lipinski definition) is 1. The first-order chi connectivity index (χ1) is 12.1. The Balaban J connectivity index is 1.72. The molecule has 1 nitrogen and oxygen atoms in total. The van der Waals surface area contributed by atoms with E-state index in [4.69, 9.17) is 0 Å². The first kappa shape index (κ1) is 17.3. The zero-order valence-electron chi connectivity index (χ0n) is 15.4. The Bertz CT molecular complexity index is 782. The molecule has 0 radical (unpaired) electrons. The van der Waals surface area contributed by atoms with Crippen molar-refractivity contribution in [2.45, 2.75) is 39.0 Å². The van der Waals surface area contributed by atoms with Gasteiger partial charge in [0.25, 0.3) is 0 Å². The molecule has 0 heterocycles. The fourth-order valence-electron chi connectivity index (χ4n) is 3.16. The highest BCUT2D eigenvalue weighted by Gasteiger charge is 2.21. The topological polar surface area (TPSA) is 12.0 Å². The van der Waals surface area contributed by atoms with Crippen molar-refractivity contribution in [3.63, 3.8) is 0 Å². The van der Waals surface area contributed by atoms with Crippen LogP contribution < -0.4 is 5.32 Å². The summed E-state index contributed by atoms with van der Waals surface area (Å²) in [5.41, 5.74) is 6.42. The van der Waals surface area contributed by atoms with E-state index in [0.29, 0.717) is 0 Å². The van der Waals surface area contributed by atoms with Crippen molar-refractivity contribution in [3.05, 3.63) is 84.4 Å². The molecule has 0 saturated carbocycles. The van der Waals surface area contributed by atoms with Crippen molar-refractivity contribution < 1.29 is 0 Å². The van der Waals surface area contributed by atoms with E-state index in [9.17, 15) is 0 Å². The summed E-state index contributed by atoms with van der Waals surface area (Å²) < 4.78 is 0. The molecule has 0 spiro atoms. The molecular weight excluding hydrogens is 302 g/mol. The Hall–Kier alpha value is -2.54. The van der Waals surface area contributed by atoms with Gasteiger partial charge in [0.05, 0.1) is 0 Å². The largest absolute Gasteiger partial charge is 0.356 e. The van der Waals surface area contributed by atoms with Crippen LogP contribution in [0, 0.1) is 0 Å². The number of anilines is 2. The van der Waals surface area contributed by atoms with E-state index in [-0.39, 0.29) is 5.41 Å². The monoisotopic (exact) mass is 329 g/mol. The zero-order chi connectivity index (χ0) is 17.7. The lowest BCUT2D eigenvalue weighted by Crippen LogP contribution is -2.19. The van der Waals surface area contributed by atoms with Gasteiger partial charge in [-0.05, 0) is 59.2 Å². The minimum atomic E-state index is 0.274. The molecule has 0 fully saturated rings. The molecule has 0 aromatic heterocycles. The van der Waals surface area contributed by atoms with E-state index in [1.165, 1.54) is 16.7 Å². The molecule has 0 aliphatic rings. The maximum absolute atomic E-state index is 3.50. The molecule has 1 heteroatoms. The van der Waals surface area contributed by atoms with Crippen LogP contribution in [0.4, 0.5) is 11.4 Å². The lowest BCUT2D eigenvalue weighted by Gasteiger charge is -2.27. The first-order valence-electron chi connectivity index (χ1n) is 9.17. The average Bonchev–Trinajstić information content (AvgIpc) is 2.69. The van der Waals surface area contributed by atoms with Crippen LogP contribution in [0.1, 0.15) is 39.2 Å². The third-order valence-electron chi connectivity index (χ3n) is 5.42. The van der Waals surface area contributed by atoms with Gasteiger partial charge in [0.1, 0.15) is 0 Å². The molecule has 0 unspecified atom stereocenters. The summed E-state index contributed by atoms with van der Waals surface area (Å²) in [6.45, 7) is 6.88. The van der Waals surface area contributed by atoms with E-state index in [1.807, 2.05) is 6.07 Å². The van der Waals surface area contributed by atoms with Gasteiger partial charge in [0.2, 0.25) is 0 Å². The van der Waals surface area contributed by atoms with Crippen LogP contribution in [0.2, 0.25) is 0 Å². The Labute approximate surface area is 151 Å². The average molecular weight is 329 g/mol. The molecule has 0 bridgehead atoms. The summed E-state index contributed by atoms with van der Waals surface area (Å²) in [6, 6.07) is 28.0. The molecule has 0 amide bonds. The van der Waals surface area contributed by atoms with Gasteiger partial charge < -0.3 is 5.32 Å². The number of benzene rings is 3. The fraction of sp³-hybridized carbons (Fsp3) is 0.250. The first-order valence-corrected chi connectivity index (χ1v) is 9.17. The lowest BCUT2D eigenvalue weighted by molar-refractivity contribution is 0.439. The van der Waals surface area contributed by atoms with Crippen LogP contribution in [-0.4, -0.2) is 0 Å². The molecule has 3 aromatic carbocycles. The maximum atomic E-state index is 3.50. The second-order valence-corrected chi connectivity index (χ2v) is 6.91. The number of rotatable bonds is 6. The highest BCUT2D eigenvalue weighted by Crippen LogP contribution is 2.32. The van der Waals surface area contributed by atoms with E-state index in [0.717, 1.165) is 24.2 Å². The molecule has 0 saturated heterocycles. The van der Waals surface area contributed by atoms with Crippen molar-refractivity contribution in [2.24, 2.45) is 0 Å². The molecule has 25 heavy (non-hydrogen) atoms. The Kier molecular flexibility index (Phi) is 5.23. The fourth-order valence-corrected chi connectivity index (χ4v) is 3.16. The van der Waals surface area contributed by atoms with E-state index in [1.54, 1.807) is 0 Å². The van der Waals surface area contributed by atoms with Crippen molar-refractivity contribution in [3.8, 4) is 11.1 Å². The van der Waals surface area contributed by atoms with Crippen LogP contribution >= 0.6 is 0 Å². The van der Waals surface area contributed by atoms with E-state index < -0.39 is 0 Å². The van der Waals surface area contributed by atoms with Crippen LogP contribution in [0.5, 0.6) is 0 Å². The summed E-state index contributed by atoms with van der Waals surface area (Å²) in [7, 11) is 0. The highest BCUT2D eigenvalue weighted by atomic mass is 14.9. The van der Waals surface area contributed by atoms with Gasteiger partial charge >= 0.3 is 0 Å².